The van der Waals surface area contributed by atoms with Crippen LogP contribution in [0.2, 0.25) is 0 Å². The van der Waals surface area contributed by atoms with Gasteiger partial charge in [0.25, 0.3) is 0 Å². The molecular weight excluding hydrogens is 348 g/mol. The molecule has 8 heteroatoms. The smallest absolute Gasteiger partial charge is 0.348 e. The van der Waals surface area contributed by atoms with Gasteiger partial charge in [0.15, 0.2) is 0 Å². The molecule has 1 aliphatic carbocycles. The van der Waals surface area contributed by atoms with E-state index in [-0.39, 0.29) is 24.9 Å². The number of anilines is 1. The highest BCUT2D eigenvalue weighted by Crippen LogP contribution is 2.39. The summed E-state index contributed by atoms with van der Waals surface area (Å²) in [6.07, 6.45) is 2.09. The summed E-state index contributed by atoms with van der Waals surface area (Å²) in [6, 6.07) is 0.00284. The molecule has 0 amide bonds. The Hall–Kier alpha value is -1.83. The van der Waals surface area contributed by atoms with Crippen molar-refractivity contribution in [2.75, 3.05) is 18.6 Å². The Morgan fingerprint density at radius 2 is 2.08 bits per heavy atom. The van der Waals surface area contributed by atoms with E-state index in [2.05, 4.69) is 9.97 Å². The minimum Gasteiger partial charge on any atom is -0.462 e. The second-order valence-electron chi connectivity index (χ2n) is 6.35. The first-order chi connectivity index (χ1) is 11.8. The summed E-state index contributed by atoms with van der Waals surface area (Å²) in [7, 11) is 1.87. The maximum absolute atomic E-state index is 13.4. The summed E-state index contributed by atoms with van der Waals surface area (Å²) in [6.45, 7) is 3.92. The molecular formula is C17H21F2N3O2S. The van der Waals surface area contributed by atoms with E-state index < -0.39 is 5.92 Å². The molecule has 2 aromatic rings. The van der Waals surface area contributed by atoms with Crippen LogP contribution in [0, 0.1) is 6.92 Å². The molecule has 0 N–H and O–H groups in total. The maximum atomic E-state index is 13.4. The standard InChI is InChI=1S/C17H21F2N3O2S/c1-4-24-16(23)13-10(2)12-14(20-9-21-15(12)25-13)22(3)11-5-7-17(18,19)8-6-11/h9,11H,4-8H2,1-3H3. The molecule has 0 atom stereocenters. The zero-order chi connectivity index (χ0) is 18.2. The fraction of sp³-hybridized carbons (Fsp3) is 0.588. The number of rotatable bonds is 4. The van der Waals surface area contributed by atoms with Crippen LogP contribution in [0.4, 0.5) is 14.6 Å². The van der Waals surface area contributed by atoms with E-state index >= 15 is 0 Å². The average molecular weight is 369 g/mol. The van der Waals surface area contributed by atoms with Crippen molar-refractivity contribution in [1.82, 2.24) is 9.97 Å². The normalized spacial score (nSPS) is 17.6. The molecule has 0 aliphatic heterocycles. The van der Waals surface area contributed by atoms with Gasteiger partial charge in [0, 0.05) is 25.9 Å². The molecule has 0 spiro atoms. The lowest BCUT2D eigenvalue weighted by Gasteiger charge is -2.35. The van der Waals surface area contributed by atoms with Crippen molar-refractivity contribution in [3.05, 3.63) is 16.8 Å². The van der Waals surface area contributed by atoms with Gasteiger partial charge in [-0.3, -0.25) is 0 Å². The van der Waals surface area contributed by atoms with Crippen LogP contribution < -0.4 is 4.90 Å². The Balaban J connectivity index is 1.95. The lowest BCUT2D eigenvalue weighted by atomic mass is 9.91. The number of thiophene rings is 1. The number of hydrogen-bond donors (Lipinski definition) is 0. The van der Waals surface area contributed by atoms with E-state index in [1.54, 1.807) is 6.92 Å². The Kier molecular flexibility index (Phi) is 4.90. The largest absolute Gasteiger partial charge is 0.462 e. The van der Waals surface area contributed by atoms with E-state index in [0.717, 1.165) is 10.9 Å². The summed E-state index contributed by atoms with van der Waals surface area (Å²) in [5.74, 6) is -2.24. The Bertz CT molecular complexity index is 784. The molecule has 3 rings (SSSR count). The zero-order valence-electron chi connectivity index (χ0n) is 14.5. The zero-order valence-corrected chi connectivity index (χ0v) is 15.3. The number of aromatic nitrogens is 2. The third kappa shape index (κ3) is 3.44. The van der Waals surface area contributed by atoms with Crippen molar-refractivity contribution in [3.63, 3.8) is 0 Å². The minimum atomic E-state index is -2.56. The number of nitrogens with zero attached hydrogens (tertiary/aromatic N) is 3. The predicted molar refractivity (Wildman–Crippen MR) is 93.7 cm³/mol. The van der Waals surface area contributed by atoms with Gasteiger partial charge in [-0.25, -0.2) is 23.5 Å². The summed E-state index contributed by atoms with van der Waals surface area (Å²) >= 11 is 1.28. The number of aryl methyl sites for hydroxylation is 1. The summed E-state index contributed by atoms with van der Waals surface area (Å²) in [5, 5.41) is 0.801. The quantitative estimate of drug-likeness (QED) is 0.757. The third-order valence-electron chi connectivity index (χ3n) is 4.74. The molecule has 2 aromatic heterocycles. The van der Waals surface area contributed by atoms with Crippen LogP contribution in [0.5, 0.6) is 0 Å². The van der Waals surface area contributed by atoms with Crippen LogP contribution >= 0.6 is 11.3 Å². The summed E-state index contributed by atoms with van der Waals surface area (Å²) < 4.78 is 32.0. The number of alkyl halides is 2. The van der Waals surface area contributed by atoms with E-state index in [4.69, 9.17) is 4.74 Å². The second kappa shape index (κ2) is 6.82. The number of hydrogen-bond acceptors (Lipinski definition) is 6. The maximum Gasteiger partial charge on any atom is 0.348 e. The summed E-state index contributed by atoms with van der Waals surface area (Å²) in [4.78, 5) is 24.0. The SMILES string of the molecule is CCOC(=O)c1sc2ncnc(N(C)C3CCC(F)(F)CC3)c2c1C. The van der Waals surface area contributed by atoms with Gasteiger partial charge in [0.1, 0.15) is 21.9 Å². The lowest BCUT2D eigenvalue weighted by molar-refractivity contribution is -0.0378. The van der Waals surface area contributed by atoms with E-state index in [1.807, 2.05) is 18.9 Å². The number of ether oxygens (including phenoxy) is 1. The number of halogens is 2. The van der Waals surface area contributed by atoms with Crippen molar-refractivity contribution in [1.29, 1.82) is 0 Å². The first kappa shape index (κ1) is 18.0. The highest BCUT2D eigenvalue weighted by atomic mass is 32.1. The number of carbonyl (C=O) groups is 1. The number of carbonyl (C=O) groups excluding carboxylic acids is 1. The van der Waals surface area contributed by atoms with Gasteiger partial charge in [-0.1, -0.05) is 0 Å². The van der Waals surface area contributed by atoms with Gasteiger partial charge in [0.2, 0.25) is 5.92 Å². The van der Waals surface area contributed by atoms with E-state index in [9.17, 15) is 13.6 Å². The minimum absolute atomic E-state index is 0.00284. The molecule has 0 saturated heterocycles. The molecule has 1 aliphatic rings. The predicted octanol–water partition coefficient (Wildman–Crippen LogP) is 4.19. The van der Waals surface area contributed by atoms with E-state index in [0.29, 0.717) is 35.0 Å². The third-order valence-corrected chi connectivity index (χ3v) is 5.92. The molecule has 25 heavy (non-hydrogen) atoms. The van der Waals surface area contributed by atoms with Gasteiger partial charge in [-0.2, -0.15) is 0 Å². The molecule has 5 nitrogen and oxygen atoms in total. The fourth-order valence-electron chi connectivity index (χ4n) is 3.30. The fourth-order valence-corrected chi connectivity index (χ4v) is 4.33. The van der Waals surface area contributed by atoms with E-state index in [1.165, 1.54) is 17.7 Å². The van der Waals surface area contributed by atoms with Gasteiger partial charge >= 0.3 is 5.97 Å². The molecule has 136 valence electrons. The molecule has 1 saturated carbocycles. The van der Waals surface area contributed by atoms with Gasteiger partial charge < -0.3 is 9.64 Å². The highest BCUT2D eigenvalue weighted by Gasteiger charge is 2.37. The Morgan fingerprint density at radius 3 is 2.72 bits per heavy atom. The molecule has 0 unspecified atom stereocenters. The van der Waals surface area contributed by atoms with Crippen molar-refractivity contribution in [2.45, 2.75) is 51.5 Å². The molecule has 0 radical (unpaired) electrons. The monoisotopic (exact) mass is 369 g/mol. The highest BCUT2D eigenvalue weighted by molar-refractivity contribution is 7.20. The molecule has 1 fully saturated rings. The van der Waals surface area contributed by atoms with Crippen molar-refractivity contribution < 1.29 is 18.3 Å². The van der Waals surface area contributed by atoms with Crippen molar-refractivity contribution in [2.24, 2.45) is 0 Å². The first-order valence-electron chi connectivity index (χ1n) is 8.36. The Labute approximate surface area is 149 Å². The van der Waals surface area contributed by atoms with Crippen LogP contribution in [0.1, 0.15) is 47.8 Å². The molecule has 0 bridgehead atoms. The lowest BCUT2D eigenvalue weighted by Crippen LogP contribution is -2.39. The molecule has 0 aromatic carbocycles. The molecule has 2 heterocycles. The van der Waals surface area contributed by atoms with Crippen molar-refractivity contribution in [3.8, 4) is 0 Å². The van der Waals surface area contributed by atoms with Crippen LogP contribution in [-0.2, 0) is 4.74 Å². The van der Waals surface area contributed by atoms with Gasteiger partial charge in [0.05, 0.1) is 12.0 Å². The van der Waals surface area contributed by atoms with Crippen LogP contribution in [0.15, 0.2) is 6.33 Å². The van der Waals surface area contributed by atoms with Gasteiger partial charge in [-0.15, -0.1) is 11.3 Å². The number of fused-ring (bicyclic) bond motifs is 1. The number of esters is 1. The van der Waals surface area contributed by atoms with Crippen LogP contribution in [0.25, 0.3) is 10.2 Å². The van der Waals surface area contributed by atoms with Crippen molar-refractivity contribution >= 4 is 33.3 Å². The Morgan fingerprint density at radius 1 is 1.40 bits per heavy atom. The van der Waals surface area contributed by atoms with Gasteiger partial charge in [-0.05, 0) is 32.3 Å². The topological polar surface area (TPSA) is 55.3 Å². The average Bonchev–Trinajstić information content (AvgIpc) is 2.92. The summed E-state index contributed by atoms with van der Waals surface area (Å²) in [5.41, 5.74) is 0.780. The van der Waals surface area contributed by atoms with Crippen LogP contribution in [0.3, 0.4) is 0 Å². The first-order valence-corrected chi connectivity index (χ1v) is 9.17. The second-order valence-corrected chi connectivity index (χ2v) is 7.35. The van der Waals surface area contributed by atoms with Crippen LogP contribution in [-0.4, -0.2) is 41.6 Å².